The maximum Gasteiger partial charge on any atom is 0.254 e. The fourth-order valence-electron chi connectivity index (χ4n) is 2.51. The fraction of sp³-hybridized carbons (Fsp3) is 0.533. The van der Waals surface area contributed by atoms with Crippen LogP contribution in [0.25, 0.3) is 0 Å². The van der Waals surface area contributed by atoms with Crippen molar-refractivity contribution >= 4 is 5.91 Å². The standard InChI is InChI=1S/C15H22N2O3/c1-15(2)10-17(9-13(8-16)20-15)14(18)11-5-4-6-12(7-11)19-3/h4-7,13H,8-10,16H2,1-3H3. The van der Waals surface area contributed by atoms with Gasteiger partial charge in [-0.3, -0.25) is 4.79 Å². The van der Waals surface area contributed by atoms with E-state index in [1.807, 2.05) is 26.0 Å². The van der Waals surface area contributed by atoms with Crippen molar-refractivity contribution < 1.29 is 14.3 Å². The Labute approximate surface area is 119 Å². The molecule has 1 aromatic carbocycles. The Morgan fingerprint density at radius 3 is 2.95 bits per heavy atom. The number of benzene rings is 1. The van der Waals surface area contributed by atoms with Crippen LogP contribution in [0.4, 0.5) is 0 Å². The molecule has 0 spiro atoms. The fourth-order valence-corrected chi connectivity index (χ4v) is 2.51. The third kappa shape index (κ3) is 3.29. The molecule has 1 aliphatic heterocycles. The normalized spacial score (nSPS) is 21.6. The van der Waals surface area contributed by atoms with E-state index in [1.165, 1.54) is 0 Å². The molecule has 1 aliphatic rings. The molecule has 1 fully saturated rings. The quantitative estimate of drug-likeness (QED) is 0.904. The first-order valence-electron chi connectivity index (χ1n) is 6.76. The van der Waals surface area contributed by atoms with Crippen LogP contribution in [0.2, 0.25) is 0 Å². The molecule has 1 unspecified atom stereocenters. The van der Waals surface area contributed by atoms with Gasteiger partial charge in [-0.25, -0.2) is 0 Å². The van der Waals surface area contributed by atoms with Gasteiger partial charge in [-0.05, 0) is 32.0 Å². The Balaban J connectivity index is 2.18. The van der Waals surface area contributed by atoms with E-state index in [9.17, 15) is 4.79 Å². The van der Waals surface area contributed by atoms with Crippen molar-refractivity contribution in [2.45, 2.75) is 25.6 Å². The molecule has 20 heavy (non-hydrogen) atoms. The van der Waals surface area contributed by atoms with Crippen molar-refractivity contribution in [3.05, 3.63) is 29.8 Å². The summed E-state index contributed by atoms with van der Waals surface area (Å²) in [6, 6.07) is 7.19. The molecule has 0 saturated carbocycles. The number of nitrogens with two attached hydrogens (primary N) is 1. The van der Waals surface area contributed by atoms with Crippen LogP contribution in [-0.2, 0) is 4.74 Å². The zero-order chi connectivity index (χ0) is 14.8. The Bertz CT molecular complexity index is 488. The summed E-state index contributed by atoms with van der Waals surface area (Å²) in [5, 5.41) is 0. The van der Waals surface area contributed by atoms with Crippen LogP contribution >= 0.6 is 0 Å². The number of amides is 1. The minimum Gasteiger partial charge on any atom is -0.497 e. The molecule has 0 aliphatic carbocycles. The van der Waals surface area contributed by atoms with Gasteiger partial charge in [0.15, 0.2) is 0 Å². The van der Waals surface area contributed by atoms with Crippen LogP contribution in [0.1, 0.15) is 24.2 Å². The highest BCUT2D eigenvalue weighted by Gasteiger charge is 2.35. The van der Waals surface area contributed by atoms with E-state index >= 15 is 0 Å². The minimum absolute atomic E-state index is 0.0151. The van der Waals surface area contributed by atoms with Gasteiger partial charge in [0.2, 0.25) is 0 Å². The molecule has 1 saturated heterocycles. The van der Waals surface area contributed by atoms with Crippen LogP contribution in [0.3, 0.4) is 0 Å². The van der Waals surface area contributed by atoms with E-state index in [-0.39, 0.29) is 17.6 Å². The molecule has 5 heteroatoms. The summed E-state index contributed by atoms with van der Waals surface area (Å²) in [5.74, 6) is 0.664. The van der Waals surface area contributed by atoms with Crippen LogP contribution in [0.5, 0.6) is 5.75 Å². The van der Waals surface area contributed by atoms with Gasteiger partial charge in [0.25, 0.3) is 5.91 Å². The minimum atomic E-state index is -0.378. The lowest BCUT2D eigenvalue weighted by atomic mass is 10.0. The summed E-state index contributed by atoms with van der Waals surface area (Å²) in [4.78, 5) is 14.4. The van der Waals surface area contributed by atoms with Crippen LogP contribution in [-0.4, -0.2) is 49.3 Å². The largest absolute Gasteiger partial charge is 0.497 e. The highest BCUT2D eigenvalue weighted by Crippen LogP contribution is 2.23. The molecule has 2 rings (SSSR count). The molecule has 2 N–H and O–H groups in total. The molecule has 1 heterocycles. The van der Waals surface area contributed by atoms with Gasteiger partial charge in [0.1, 0.15) is 5.75 Å². The highest BCUT2D eigenvalue weighted by molar-refractivity contribution is 5.94. The molecule has 5 nitrogen and oxygen atoms in total. The topological polar surface area (TPSA) is 64.8 Å². The zero-order valence-electron chi connectivity index (χ0n) is 12.3. The predicted molar refractivity (Wildman–Crippen MR) is 76.9 cm³/mol. The lowest BCUT2D eigenvalue weighted by molar-refractivity contribution is -0.122. The van der Waals surface area contributed by atoms with Crippen molar-refractivity contribution in [2.75, 3.05) is 26.7 Å². The van der Waals surface area contributed by atoms with Crippen molar-refractivity contribution in [3.63, 3.8) is 0 Å². The Morgan fingerprint density at radius 2 is 2.30 bits per heavy atom. The third-order valence-electron chi connectivity index (χ3n) is 3.35. The van der Waals surface area contributed by atoms with E-state index < -0.39 is 0 Å². The average molecular weight is 278 g/mol. The molecular formula is C15H22N2O3. The van der Waals surface area contributed by atoms with Crippen molar-refractivity contribution in [2.24, 2.45) is 5.73 Å². The van der Waals surface area contributed by atoms with Gasteiger partial charge in [0.05, 0.1) is 18.8 Å². The van der Waals surface area contributed by atoms with Gasteiger partial charge in [0, 0.05) is 25.2 Å². The number of carbonyl (C=O) groups excluding carboxylic acids is 1. The van der Waals surface area contributed by atoms with Gasteiger partial charge in [-0.2, -0.15) is 0 Å². The lowest BCUT2D eigenvalue weighted by Crippen LogP contribution is -2.56. The molecule has 0 bridgehead atoms. The summed E-state index contributed by atoms with van der Waals surface area (Å²) in [6.07, 6.45) is -0.117. The van der Waals surface area contributed by atoms with E-state index in [4.69, 9.17) is 15.2 Å². The number of ether oxygens (including phenoxy) is 2. The number of nitrogens with zero attached hydrogens (tertiary/aromatic N) is 1. The maximum atomic E-state index is 12.6. The smallest absolute Gasteiger partial charge is 0.254 e. The first-order valence-corrected chi connectivity index (χ1v) is 6.76. The second kappa shape index (κ2) is 5.81. The molecule has 110 valence electrons. The lowest BCUT2D eigenvalue weighted by Gasteiger charge is -2.42. The summed E-state index contributed by atoms with van der Waals surface area (Å²) in [6.45, 7) is 5.43. The second-order valence-electron chi connectivity index (χ2n) is 5.65. The maximum absolute atomic E-state index is 12.6. The molecular weight excluding hydrogens is 256 g/mol. The van der Waals surface area contributed by atoms with Gasteiger partial charge >= 0.3 is 0 Å². The number of hydrogen-bond donors (Lipinski definition) is 1. The van der Waals surface area contributed by atoms with E-state index in [0.717, 1.165) is 0 Å². The summed E-state index contributed by atoms with van der Waals surface area (Å²) < 4.78 is 11.0. The van der Waals surface area contributed by atoms with Gasteiger partial charge in [-0.1, -0.05) is 6.07 Å². The number of rotatable bonds is 3. The first kappa shape index (κ1) is 14.8. The van der Waals surface area contributed by atoms with E-state index in [2.05, 4.69) is 0 Å². The van der Waals surface area contributed by atoms with Crippen molar-refractivity contribution in [1.29, 1.82) is 0 Å². The Kier molecular flexibility index (Phi) is 4.30. The summed E-state index contributed by atoms with van der Waals surface area (Å²) in [5.41, 5.74) is 5.93. The number of methoxy groups -OCH3 is 1. The van der Waals surface area contributed by atoms with E-state index in [0.29, 0.717) is 30.9 Å². The molecule has 1 atom stereocenters. The van der Waals surface area contributed by atoms with Gasteiger partial charge < -0.3 is 20.1 Å². The second-order valence-corrected chi connectivity index (χ2v) is 5.65. The molecule has 1 aromatic rings. The van der Waals surface area contributed by atoms with Crippen LogP contribution in [0, 0.1) is 0 Å². The Hall–Kier alpha value is -1.59. The first-order chi connectivity index (χ1) is 9.45. The Morgan fingerprint density at radius 1 is 1.55 bits per heavy atom. The third-order valence-corrected chi connectivity index (χ3v) is 3.35. The SMILES string of the molecule is COc1cccc(C(=O)N2CC(CN)OC(C)(C)C2)c1. The highest BCUT2D eigenvalue weighted by atomic mass is 16.5. The molecule has 0 aromatic heterocycles. The number of carbonyl (C=O) groups is 1. The average Bonchev–Trinajstić information content (AvgIpc) is 2.44. The monoisotopic (exact) mass is 278 g/mol. The predicted octanol–water partition coefficient (Wildman–Crippen LogP) is 1.27. The van der Waals surface area contributed by atoms with Crippen molar-refractivity contribution in [3.8, 4) is 5.75 Å². The number of morpholine rings is 1. The molecule has 1 amide bonds. The van der Waals surface area contributed by atoms with E-state index in [1.54, 1.807) is 24.1 Å². The summed E-state index contributed by atoms with van der Waals surface area (Å²) >= 11 is 0. The zero-order valence-corrected chi connectivity index (χ0v) is 12.3. The van der Waals surface area contributed by atoms with Crippen molar-refractivity contribution in [1.82, 2.24) is 4.90 Å². The number of hydrogen-bond acceptors (Lipinski definition) is 4. The summed E-state index contributed by atoms with van der Waals surface area (Å²) in [7, 11) is 1.59. The van der Waals surface area contributed by atoms with Gasteiger partial charge in [-0.15, -0.1) is 0 Å². The van der Waals surface area contributed by atoms with Crippen LogP contribution < -0.4 is 10.5 Å². The van der Waals surface area contributed by atoms with Crippen LogP contribution in [0.15, 0.2) is 24.3 Å². The molecule has 0 radical (unpaired) electrons.